The van der Waals surface area contributed by atoms with Gasteiger partial charge in [0, 0.05) is 18.9 Å². The van der Waals surface area contributed by atoms with Gasteiger partial charge in [0.25, 0.3) is 0 Å². The summed E-state index contributed by atoms with van der Waals surface area (Å²) in [5.41, 5.74) is 0.965. The number of carbonyl (C=O) groups excluding carboxylic acids is 1. The summed E-state index contributed by atoms with van der Waals surface area (Å²) in [5.74, 6) is 0.146. The van der Waals surface area contributed by atoms with E-state index in [0.717, 1.165) is 25.1 Å². The summed E-state index contributed by atoms with van der Waals surface area (Å²) < 4.78 is 11.0. The number of ether oxygens (including phenoxy) is 2. The predicted octanol–water partition coefficient (Wildman–Crippen LogP) is 2.23. The molecule has 3 atom stereocenters. The van der Waals surface area contributed by atoms with E-state index in [1.54, 1.807) is 0 Å². The lowest BCUT2D eigenvalue weighted by molar-refractivity contribution is -0.124. The molecule has 0 aromatic heterocycles. The number of benzene rings is 1. The second kappa shape index (κ2) is 5.94. The van der Waals surface area contributed by atoms with Crippen LogP contribution in [0.1, 0.15) is 19.8 Å². The number of carbonyl (C=O) groups is 1. The molecular formula is C16H21NO3. The Balaban J connectivity index is 1.87. The Hall–Kier alpha value is -1.39. The van der Waals surface area contributed by atoms with Gasteiger partial charge in [-0.25, -0.2) is 0 Å². The first-order valence-corrected chi connectivity index (χ1v) is 7.35. The number of hydrogen-bond acceptors (Lipinski definition) is 3. The van der Waals surface area contributed by atoms with Crippen LogP contribution in [0.25, 0.3) is 0 Å². The molecule has 0 spiro atoms. The fraction of sp³-hybridized carbons (Fsp3) is 0.562. The van der Waals surface area contributed by atoms with Crippen molar-refractivity contribution < 1.29 is 14.3 Å². The Morgan fingerprint density at radius 2 is 2.00 bits per heavy atom. The van der Waals surface area contributed by atoms with E-state index in [1.165, 1.54) is 0 Å². The van der Waals surface area contributed by atoms with Crippen molar-refractivity contribution in [3.8, 4) is 0 Å². The van der Waals surface area contributed by atoms with Gasteiger partial charge in [0.05, 0.1) is 24.7 Å². The third-order valence-electron chi connectivity index (χ3n) is 4.24. The maximum Gasteiger partial charge on any atom is 0.233 e. The fourth-order valence-electron chi connectivity index (χ4n) is 3.07. The molecule has 2 saturated heterocycles. The second-order valence-corrected chi connectivity index (χ2v) is 5.53. The van der Waals surface area contributed by atoms with Gasteiger partial charge >= 0.3 is 0 Å². The van der Waals surface area contributed by atoms with Crippen molar-refractivity contribution in [1.29, 1.82) is 0 Å². The fourth-order valence-corrected chi connectivity index (χ4v) is 3.07. The average Bonchev–Trinajstić information content (AvgIpc) is 3.12. The number of hydrogen-bond donors (Lipinski definition) is 0. The number of amides is 1. The van der Waals surface area contributed by atoms with Crippen LogP contribution in [0.3, 0.4) is 0 Å². The Kier molecular flexibility index (Phi) is 4.03. The molecule has 0 bridgehead atoms. The van der Waals surface area contributed by atoms with Gasteiger partial charge in [-0.15, -0.1) is 0 Å². The molecule has 1 aromatic rings. The molecule has 0 radical (unpaired) electrons. The Labute approximate surface area is 119 Å². The van der Waals surface area contributed by atoms with Gasteiger partial charge in [0.2, 0.25) is 5.91 Å². The molecule has 108 valence electrons. The molecule has 4 heteroatoms. The summed E-state index contributed by atoms with van der Waals surface area (Å²) >= 11 is 0. The first kappa shape index (κ1) is 13.6. The van der Waals surface area contributed by atoms with Gasteiger partial charge < -0.3 is 14.4 Å². The highest BCUT2D eigenvalue weighted by molar-refractivity contribution is 5.96. The lowest BCUT2D eigenvalue weighted by atomic mass is 9.99. The molecule has 0 saturated carbocycles. The minimum absolute atomic E-state index is 0.0102. The molecular weight excluding hydrogens is 254 g/mol. The summed E-state index contributed by atoms with van der Waals surface area (Å²) in [6.45, 7) is 4.03. The summed E-state index contributed by atoms with van der Waals surface area (Å²) in [6, 6.07) is 10.1. The van der Waals surface area contributed by atoms with E-state index in [1.807, 2.05) is 42.2 Å². The van der Waals surface area contributed by atoms with Gasteiger partial charge in [0.1, 0.15) is 0 Å². The van der Waals surface area contributed by atoms with Crippen LogP contribution in [0.2, 0.25) is 0 Å². The quantitative estimate of drug-likeness (QED) is 0.849. The maximum atomic E-state index is 12.9. The average molecular weight is 275 g/mol. The molecule has 2 aliphatic rings. The van der Waals surface area contributed by atoms with E-state index >= 15 is 0 Å². The van der Waals surface area contributed by atoms with E-state index in [-0.39, 0.29) is 24.0 Å². The van der Waals surface area contributed by atoms with Crippen LogP contribution >= 0.6 is 0 Å². The highest BCUT2D eigenvalue weighted by Crippen LogP contribution is 2.29. The SMILES string of the molecule is C[C@@H]1OCC[C@@H]1C(=O)N(c1ccccc1)[C@H]1CCOC1. The zero-order valence-corrected chi connectivity index (χ0v) is 11.8. The zero-order chi connectivity index (χ0) is 13.9. The maximum absolute atomic E-state index is 12.9. The lowest BCUT2D eigenvalue weighted by Gasteiger charge is -2.31. The van der Waals surface area contributed by atoms with Crippen molar-refractivity contribution in [2.45, 2.75) is 31.9 Å². The third-order valence-corrected chi connectivity index (χ3v) is 4.24. The van der Waals surface area contributed by atoms with Crippen LogP contribution in [0.5, 0.6) is 0 Å². The normalized spacial score (nSPS) is 29.6. The van der Waals surface area contributed by atoms with Crippen LogP contribution in [0.15, 0.2) is 30.3 Å². The molecule has 2 heterocycles. The Morgan fingerprint density at radius 3 is 2.60 bits per heavy atom. The first-order valence-electron chi connectivity index (χ1n) is 7.35. The molecule has 0 unspecified atom stereocenters. The molecule has 2 fully saturated rings. The smallest absolute Gasteiger partial charge is 0.233 e. The predicted molar refractivity (Wildman–Crippen MR) is 76.7 cm³/mol. The highest BCUT2D eigenvalue weighted by atomic mass is 16.5. The number of nitrogens with zero attached hydrogens (tertiary/aromatic N) is 1. The van der Waals surface area contributed by atoms with Crippen LogP contribution in [0.4, 0.5) is 5.69 Å². The minimum atomic E-state index is -0.0317. The van der Waals surface area contributed by atoms with Crippen LogP contribution in [-0.2, 0) is 14.3 Å². The summed E-state index contributed by atoms with van der Waals surface area (Å²) in [6.07, 6.45) is 1.73. The monoisotopic (exact) mass is 275 g/mol. The highest BCUT2D eigenvalue weighted by Gasteiger charge is 2.38. The molecule has 0 aliphatic carbocycles. The van der Waals surface area contributed by atoms with E-state index < -0.39 is 0 Å². The lowest BCUT2D eigenvalue weighted by Crippen LogP contribution is -2.45. The molecule has 3 rings (SSSR count). The summed E-state index contributed by atoms with van der Waals surface area (Å²) in [4.78, 5) is 14.9. The zero-order valence-electron chi connectivity index (χ0n) is 11.8. The molecule has 1 amide bonds. The summed E-state index contributed by atoms with van der Waals surface area (Å²) in [7, 11) is 0. The largest absolute Gasteiger partial charge is 0.379 e. The topological polar surface area (TPSA) is 38.8 Å². The third kappa shape index (κ3) is 2.58. The molecule has 4 nitrogen and oxygen atoms in total. The number of para-hydroxylation sites is 1. The molecule has 2 aliphatic heterocycles. The van der Waals surface area contributed by atoms with Gasteiger partial charge in [-0.2, -0.15) is 0 Å². The van der Waals surface area contributed by atoms with Crippen molar-refractivity contribution in [3.05, 3.63) is 30.3 Å². The van der Waals surface area contributed by atoms with Crippen LogP contribution in [-0.4, -0.2) is 37.9 Å². The molecule has 0 N–H and O–H groups in total. The minimum Gasteiger partial charge on any atom is -0.379 e. The van der Waals surface area contributed by atoms with Crippen LogP contribution in [0, 0.1) is 5.92 Å². The van der Waals surface area contributed by atoms with E-state index in [2.05, 4.69) is 0 Å². The molecule has 20 heavy (non-hydrogen) atoms. The Morgan fingerprint density at radius 1 is 1.20 bits per heavy atom. The second-order valence-electron chi connectivity index (χ2n) is 5.53. The van der Waals surface area contributed by atoms with Crippen molar-refractivity contribution in [3.63, 3.8) is 0 Å². The van der Waals surface area contributed by atoms with Gasteiger partial charge in [-0.1, -0.05) is 18.2 Å². The summed E-state index contributed by atoms with van der Waals surface area (Å²) in [5, 5.41) is 0. The van der Waals surface area contributed by atoms with E-state index in [9.17, 15) is 4.79 Å². The van der Waals surface area contributed by atoms with Crippen molar-refractivity contribution >= 4 is 11.6 Å². The molecule has 1 aromatic carbocycles. The first-order chi connectivity index (χ1) is 9.77. The van der Waals surface area contributed by atoms with Gasteiger partial charge in [-0.05, 0) is 31.9 Å². The van der Waals surface area contributed by atoms with Crippen molar-refractivity contribution in [2.24, 2.45) is 5.92 Å². The Bertz CT molecular complexity index is 456. The number of rotatable bonds is 3. The standard InChI is InChI=1S/C16H21NO3/c1-12-15(8-10-20-12)16(18)17(14-7-9-19-11-14)13-5-3-2-4-6-13/h2-6,12,14-15H,7-11H2,1H3/t12-,14-,15-/m0/s1. The number of anilines is 1. The van der Waals surface area contributed by atoms with Crippen LogP contribution < -0.4 is 4.90 Å². The van der Waals surface area contributed by atoms with Crippen molar-refractivity contribution in [2.75, 3.05) is 24.7 Å². The van der Waals surface area contributed by atoms with E-state index in [4.69, 9.17) is 9.47 Å². The van der Waals surface area contributed by atoms with Gasteiger partial charge in [0.15, 0.2) is 0 Å². The van der Waals surface area contributed by atoms with E-state index in [0.29, 0.717) is 13.2 Å². The van der Waals surface area contributed by atoms with Gasteiger partial charge in [-0.3, -0.25) is 4.79 Å². The van der Waals surface area contributed by atoms with Crippen molar-refractivity contribution in [1.82, 2.24) is 0 Å².